The van der Waals surface area contributed by atoms with Crippen molar-refractivity contribution >= 4 is 15.9 Å². The van der Waals surface area contributed by atoms with Crippen LogP contribution in [0.5, 0.6) is 5.75 Å². The van der Waals surface area contributed by atoms with Gasteiger partial charge in [0.25, 0.3) is 0 Å². The van der Waals surface area contributed by atoms with Gasteiger partial charge in [-0.05, 0) is 43.9 Å². The molecule has 0 aromatic heterocycles. The fraction of sp³-hybridized carbons (Fsp3) is 0.647. The summed E-state index contributed by atoms with van der Waals surface area (Å²) in [6, 6.07) is 6.13. The Hall–Kier alpha value is -0.620. The molecule has 0 bridgehead atoms. The molecule has 5 heteroatoms. The molecule has 2 rings (SSSR count). The SMILES string of the molecule is CCOCCOc1ccc(Br)cc1CNCC1CCCOC1. The highest BCUT2D eigenvalue weighted by Crippen LogP contribution is 2.23. The van der Waals surface area contributed by atoms with Crippen molar-refractivity contribution in [3.05, 3.63) is 28.2 Å². The van der Waals surface area contributed by atoms with Gasteiger partial charge >= 0.3 is 0 Å². The Bertz CT molecular complexity index is 436. The standard InChI is InChI=1S/C17H26BrNO3/c1-2-20-8-9-22-17-6-5-16(18)10-15(17)12-19-11-14-4-3-7-21-13-14/h5-6,10,14,19H,2-4,7-9,11-13H2,1H3. The highest BCUT2D eigenvalue weighted by atomic mass is 79.9. The summed E-state index contributed by atoms with van der Waals surface area (Å²) in [6.07, 6.45) is 2.43. The van der Waals surface area contributed by atoms with Crippen molar-refractivity contribution in [2.75, 3.05) is 39.6 Å². The topological polar surface area (TPSA) is 39.7 Å². The summed E-state index contributed by atoms with van der Waals surface area (Å²) < 4.78 is 17.7. The van der Waals surface area contributed by atoms with E-state index in [1.807, 2.05) is 19.1 Å². The zero-order valence-corrected chi connectivity index (χ0v) is 14.9. The molecule has 1 atom stereocenters. The first-order valence-electron chi connectivity index (χ1n) is 8.07. The number of halogens is 1. The Morgan fingerprint density at radius 3 is 3.05 bits per heavy atom. The first-order chi connectivity index (χ1) is 10.8. The molecular weight excluding hydrogens is 346 g/mol. The van der Waals surface area contributed by atoms with E-state index in [0.717, 1.165) is 43.1 Å². The van der Waals surface area contributed by atoms with Crippen LogP contribution in [0.15, 0.2) is 22.7 Å². The van der Waals surface area contributed by atoms with Crippen LogP contribution in [0, 0.1) is 5.92 Å². The molecule has 0 spiro atoms. The van der Waals surface area contributed by atoms with Gasteiger partial charge in [0.1, 0.15) is 12.4 Å². The predicted octanol–water partition coefficient (Wildman–Crippen LogP) is 3.38. The summed E-state index contributed by atoms with van der Waals surface area (Å²) in [5.74, 6) is 1.55. The maximum atomic E-state index is 5.83. The number of hydrogen-bond donors (Lipinski definition) is 1. The van der Waals surface area contributed by atoms with Crippen molar-refractivity contribution in [2.45, 2.75) is 26.3 Å². The lowest BCUT2D eigenvalue weighted by molar-refractivity contribution is 0.0547. The van der Waals surface area contributed by atoms with Crippen LogP contribution in [0.25, 0.3) is 0 Å². The molecule has 0 radical (unpaired) electrons. The molecule has 1 aromatic rings. The van der Waals surface area contributed by atoms with Crippen LogP contribution < -0.4 is 10.1 Å². The van der Waals surface area contributed by atoms with Gasteiger partial charge in [-0.2, -0.15) is 0 Å². The highest BCUT2D eigenvalue weighted by molar-refractivity contribution is 9.10. The molecule has 124 valence electrons. The molecule has 0 aliphatic carbocycles. The van der Waals surface area contributed by atoms with Gasteiger partial charge in [-0.1, -0.05) is 15.9 Å². The number of nitrogens with one attached hydrogen (secondary N) is 1. The summed E-state index contributed by atoms with van der Waals surface area (Å²) in [7, 11) is 0. The van der Waals surface area contributed by atoms with E-state index in [1.165, 1.54) is 18.4 Å². The lowest BCUT2D eigenvalue weighted by Gasteiger charge is -2.22. The van der Waals surface area contributed by atoms with Crippen molar-refractivity contribution in [2.24, 2.45) is 5.92 Å². The number of rotatable bonds is 9. The number of ether oxygens (including phenoxy) is 3. The summed E-state index contributed by atoms with van der Waals surface area (Å²) in [6.45, 7) is 7.51. The Labute approximate surface area is 141 Å². The average Bonchev–Trinajstić information content (AvgIpc) is 2.54. The number of benzene rings is 1. The van der Waals surface area contributed by atoms with Gasteiger partial charge in [-0.3, -0.25) is 0 Å². The van der Waals surface area contributed by atoms with Gasteiger partial charge < -0.3 is 19.5 Å². The molecule has 1 fully saturated rings. The van der Waals surface area contributed by atoms with E-state index in [9.17, 15) is 0 Å². The molecule has 1 saturated heterocycles. The van der Waals surface area contributed by atoms with Gasteiger partial charge in [-0.25, -0.2) is 0 Å². The molecule has 1 aliphatic heterocycles. The van der Waals surface area contributed by atoms with Gasteiger partial charge in [0.2, 0.25) is 0 Å². The molecule has 1 N–H and O–H groups in total. The normalized spacial score (nSPS) is 18.4. The molecular formula is C17H26BrNO3. The molecule has 22 heavy (non-hydrogen) atoms. The second kappa shape index (κ2) is 10.2. The summed E-state index contributed by atoms with van der Waals surface area (Å²) in [5, 5.41) is 3.53. The minimum atomic E-state index is 0.582. The maximum absolute atomic E-state index is 5.83. The first-order valence-corrected chi connectivity index (χ1v) is 8.86. The van der Waals surface area contributed by atoms with Crippen LogP contribution in [0.4, 0.5) is 0 Å². The van der Waals surface area contributed by atoms with Crippen LogP contribution in [0.3, 0.4) is 0 Å². The zero-order chi connectivity index (χ0) is 15.6. The molecule has 1 aromatic carbocycles. The van der Waals surface area contributed by atoms with Crippen molar-refractivity contribution in [1.82, 2.24) is 5.32 Å². The van der Waals surface area contributed by atoms with E-state index < -0.39 is 0 Å². The van der Waals surface area contributed by atoms with Gasteiger partial charge in [0, 0.05) is 36.3 Å². The van der Waals surface area contributed by atoms with Crippen LogP contribution in [-0.4, -0.2) is 39.6 Å². The van der Waals surface area contributed by atoms with Crippen molar-refractivity contribution < 1.29 is 14.2 Å². The third-order valence-corrected chi connectivity index (χ3v) is 4.21. The molecule has 1 aliphatic rings. The average molecular weight is 372 g/mol. The summed E-state index contributed by atoms with van der Waals surface area (Å²) in [4.78, 5) is 0. The molecule has 1 heterocycles. The largest absolute Gasteiger partial charge is 0.491 e. The van der Waals surface area contributed by atoms with Crippen molar-refractivity contribution in [3.8, 4) is 5.75 Å². The Morgan fingerprint density at radius 1 is 1.36 bits per heavy atom. The van der Waals surface area contributed by atoms with Crippen molar-refractivity contribution in [3.63, 3.8) is 0 Å². The van der Waals surface area contributed by atoms with Gasteiger partial charge in [-0.15, -0.1) is 0 Å². The van der Waals surface area contributed by atoms with Crippen molar-refractivity contribution in [1.29, 1.82) is 0 Å². The smallest absolute Gasteiger partial charge is 0.123 e. The highest BCUT2D eigenvalue weighted by Gasteiger charge is 2.13. The summed E-state index contributed by atoms with van der Waals surface area (Å²) in [5.41, 5.74) is 1.17. The zero-order valence-electron chi connectivity index (χ0n) is 13.3. The fourth-order valence-corrected chi connectivity index (χ4v) is 2.97. The molecule has 1 unspecified atom stereocenters. The Morgan fingerprint density at radius 2 is 2.27 bits per heavy atom. The lowest BCUT2D eigenvalue weighted by atomic mass is 10.0. The van der Waals surface area contributed by atoms with E-state index in [4.69, 9.17) is 14.2 Å². The van der Waals surface area contributed by atoms with Gasteiger partial charge in [0.05, 0.1) is 13.2 Å². The van der Waals surface area contributed by atoms with E-state index in [-0.39, 0.29) is 0 Å². The Kier molecular flexibility index (Phi) is 8.23. The van der Waals surface area contributed by atoms with Crippen LogP contribution >= 0.6 is 15.9 Å². The molecule has 0 amide bonds. The van der Waals surface area contributed by atoms with Crippen LogP contribution in [-0.2, 0) is 16.0 Å². The maximum Gasteiger partial charge on any atom is 0.123 e. The summed E-state index contributed by atoms with van der Waals surface area (Å²) >= 11 is 3.53. The third kappa shape index (κ3) is 6.24. The fourth-order valence-electron chi connectivity index (χ4n) is 2.56. The second-order valence-corrected chi connectivity index (χ2v) is 6.43. The minimum Gasteiger partial charge on any atom is -0.491 e. The second-order valence-electron chi connectivity index (χ2n) is 5.51. The van der Waals surface area contributed by atoms with E-state index in [0.29, 0.717) is 19.1 Å². The lowest BCUT2D eigenvalue weighted by Crippen LogP contribution is -2.29. The monoisotopic (exact) mass is 371 g/mol. The number of hydrogen-bond acceptors (Lipinski definition) is 4. The quantitative estimate of drug-likeness (QED) is 0.675. The van der Waals surface area contributed by atoms with E-state index in [2.05, 4.69) is 27.3 Å². The predicted molar refractivity (Wildman–Crippen MR) is 91.4 cm³/mol. The van der Waals surface area contributed by atoms with Crippen LogP contribution in [0.2, 0.25) is 0 Å². The Balaban J connectivity index is 1.80. The molecule has 0 saturated carbocycles. The van der Waals surface area contributed by atoms with Gasteiger partial charge in [0.15, 0.2) is 0 Å². The van der Waals surface area contributed by atoms with Crippen LogP contribution in [0.1, 0.15) is 25.3 Å². The molecule has 4 nitrogen and oxygen atoms in total. The van der Waals surface area contributed by atoms with E-state index >= 15 is 0 Å². The third-order valence-electron chi connectivity index (χ3n) is 3.71. The first kappa shape index (κ1) is 17.7. The minimum absolute atomic E-state index is 0.582. The van der Waals surface area contributed by atoms with E-state index in [1.54, 1.807) is 0 Å².